The largest absolute Gasteiger partial charge is 0.508 e. The molecule has 3 fully saturated rings. The molecule has 4 aromatic rings. The molecule has 4 aliphatic rings. The smallest absolute Gasteiger partial charge is 0.472 e. The molecule has 0 aliphatic carbocycles. The predicted molar refractivity (Wildman–Crippen MR) is 198 cm³/mol. The van der Waals surface area contributed by atoms with Crippen LogP contribution in [-0.4, -0.2) is 119 Å². The Kier molecular flexibility index (Phi) is 11.8. The second-order valence-corrected chi connectivity index (χ2v) is 18.8. The molecule has 4 unspecified atom stereocenters. The lowest BCUT2D eigenvalue weighted by atomic mass is 10.1. The number of phenols is 1. The summed E-state index contributed by atoms with van der Waals surface area (Å²) in [5.41, 5.74) is 6.77. The first-order valence-electron chi connectivity index (χ1n) is 17.6. The number of fused-ring (bicyclic) bond motifs is 4. The maximum Gasteiger partial charge on any atom is 0.472 e. The number of aromatic hydroxyl groups is 1. The van der Waals surface area contributed by atoms with Crippen molar-refractivity contribution in [2.75, 3.05) is 18.9 Å². The number of aliphatic hydroxyl groups is 2. The second-order valence-electron chi connectivity index (χ2n) is 13.4. The summed E-state index contributed by atoms with van der Waals surface area (Å²) in [6.07, 6.45) is -13.1. The van der Waals surface area contributed by atoms with Crippen molar-refractivity contribution in [3.63, 3.8) is 0 Å². The Hall–Kier alpha value is -4.13. The number of aromatic nitrogens is 4. The first kappa shape index (κ1) is 41.6. The van der Waals surface area contributed by atoms with Gasteiger partial charge in [0.15, 0.2) is 42.6 Å². The fraction of sp³-hybridized carbons (Fsp3) is 0.394. The van der Waals surface area contributed by atoms with Crippen LogP contribution in [0.15, 0.2) is 73.5 Å². The Morgan fingerprint density at radius 3 is 2.42 bits per heavy atom. The van der Waals surface area contributed by atoms with Crippen LogP contribution in [0.4, 0.5) is 14.6 Å². The average Bonchev–Trinajstić information content (AvgIpc) is 3.86. The Morgan fingerprint density at radius 1 is 0.949 bits per heavy atom. The van der Waals surface area contributed by atoms with E-state index in [1.807, 2.05) is 0 Å². The van der Waals surface area contributed by atoms with Crippen molar-refractivity contribution in [3.05, 3.63) is 84.6 Å². The van der Waals surface area contributed by atoms with Gasteiger partial charge in [0.25, 0.3) is 0 Å². The van der Waals surface area contributed by atoms with Gasteiger partial charge in [-0.25, -0.2) is 43.0 Å². The van der Waals surface area contributed by atoms with Gasteiger partial charge in [-0.1, -0.05) is 12.1 Å². The molecule has 2 bridgehead atoms. The summed E-state index contributed by atoms with van der Waals surface area (Å²) in [5.74, 6) is -0.705. The lowest BCUT2D eigenvalue weighted by Gasteiger charge is -2.36. The van der Waals surface area contributed by atoms with Gasteiger partial charge in [-0.3, -0.25) is 22.7 Å². The van der Waals surface area contributed by atoms with Gasteiger partial charge in [-0.15, -0.1) is 0 Å². The van der Waals surface area contributed by atoms with Gasteiger partial charge in [0.05, 0.1) is 25.1 Å². The number of aliphatic hydroxyl groups excluding tert-OH is 2. The molecule has 6 heterocycles. The lowest BCUT2D eigenvalue weighted by molar-refractivity contribution is -0.146. The fourth-order valence-electron chi connectivity index (χ4n) is 6.53. The predicted octanol–water partition coefficient (Wildman–Crippen LogP) is 2.60. The standard InChI is InChI=1S/C33H35F2N7O14P2S/c34-23-20-11-51-58(49,59-13-16-1-7-19(8-2-16)52-32(45)17-3-5-18(43)6-4-17)56-26-21(54-30(24(26)35)41-10-9-22(44)40-33(41)46)12-50-57(47,48)55-27(23)31(53-20)42-15-39-25-28(36)37-14-38-29(25)42/h1-10,14-15,20-24,26-27,30-31,33,40,43-44,46H,11-13H2,(H,47,48)(H2,36,37,38)/t20-,21-,22?,23-,24-,26-,27-,30-,31-,33?,58?/m1/s1. The highest BCUT2D eigenvalue weighted by atomic mass is 32.7. The Labute approximate surface area is 335 Å². The molecule has 4 aliphatic heterocycles. The van der Waals surface area contributed by atoms with Gasteiger partial charge in [0.1, 0.15) is 54.0 Å². The minimum Gasteiger partial charge on any atom is -0.508 e. The Balaban J connectivity index is 1.07. The summed E-state index contributed by atoms with van der Waals surface area (Å²) in [6.45, 7) is -6.39. The van der Waals surface area contributed by atoms with Crippen LogP contribution in [0, 0.1) is 0 Å². The van der Waals surface area contributed by atoms with Gasteiger partial charge in [0, 0.05) is 12.0 Å². The van der Waals surface area contributed by atoms with E-state index >= 15 is 8.78 Å². The molecule has 21 nitrogen and oxygen atoms in total. The lowest BCUT2D eigenvalue weighted by Crippen LogP contribution is -2.56. The fourth-order valence-corrected chi connectivity index (χ4v) is 10.8. The molecule has 8 rings (SSSR count). The molecule has 2 aromatic carbocycles. The van der Waals surface area contributed by atoms with Crippen molar-refractivity contribution in [1.29, 1.82) is 0 Å². The van der Waals surface area contributed by atoms with E-state index < -0.39 is 95.6 Å². The van der Waals surface area contributed by atoms with E-state index in [0.29, 0.717) is 16.9 Å². The van der Waals surface area contributed by atoms with Crippen molar-refractivity contribution in [2.24, 2.45) is 0 Å². The Bertz CT molecular complexity index is 2300. The number of nitrogens with zero attached hydrogens (tertiary/aromatic N) is 5. The van der Waals surface area contributed by atoms with Crippen molar-refractivity contribution >= 4 is 49.0 Å². The third-order valence-electron chi connectivity index (χ3n) is 9.46. The zero-order valence-electron chi connectivity index (χ0n) is 30.1. The van der Waals surface area contributed by atoms with Gasteiger partial charge in [0.2, 0.25) is 0 Å². The van der Waals surface area contributed by atoms with E-state index in [4.69, 9.17) is 38.0 Å². The zero-order chi connectivity index (χ0) is 41.6. The molecule has 12 atom stereocenters. The molecule has 3 saturated heterocycles. The normalized spacial score (nSPS) is 35.1. The number of halogens is 2. The third kappa shape index (κ3) is 8.86. The van der Waals surface area contributed by atoms with Gasteiger partial charge in [-0.2, -0.15) is 0 Å². The maximum atomic E-state index is 16.5. The highest BCUT2D eigenvalue weighted by Gasteiger charge is 2.56. The number of hydrogen-bond acceptors (Lipinski definition) is 20. The van der Waals surface area contributed by atoms with E-state index in [1.165, 1.54) is 53.4 Å². The number of benzene rings is 2. The highest BCUT2D eigenvalue weighted by molar-refractivity contribution is 8.54. The maximum absolute atomic E-state index is 16.5. The summed E-state index contributed by atoms with van der Waals surface area (Å²) >= 11 is 0.579. The zero-order valence-corrected chi connectivity index (χ0v) is 32.7. The number of nitrogens with one attached hydrogen (secondary N) is 1. The van der Waals surface area contributed by atoms with Gasteiger partial charge >= 0.3 is 20.6 Å². The SMILES string of the molecule is Nc1ncnc2c1ncn2[C@@H]1O[C@@H]2COP(=O)(SCc3ccc(OC(=O)c4ccc(O)cc4)cc3)O[C@H]3[C@@H](F)[C@H](N4C=CC(O)NC4O)O[C@@H]3COP(=O)(O)O[C@@H]1[C@@H]2F. The third-order valence-corrected chi connectivity index (χ3v) is 14.1. The number of nitrogens with two attached hydrogens (primary N) is 1. The summed E-state index contributed by atoms with van der Waals surface area (Å²) < 4.78 is 101. The number of alkyl halides is 2. The number of phosphoric acid groups is 1. The number of phenolic OH excluding ortho intramolecular Hbond substituents is 1. The van der Waals surface area contributed by atoms with Crippen LogP contribution in [0.25, 0.3) is 11.2 Å². The molecule has 0 radical (unpaired) electrons. The van der Waals surface area contributed by atoms with Crippen LogP contribution >= 0.6 is 26.0 Å². The van der Waals surface area contributed by atoms with Crippen molar-refractivity contribution in [3.8, 4) is 11.5 Å². The van der Waals surface area contributed by atoms with E-state index in [1.54, 1.807) is 12.1 Å². The number of anilines is 1. The quantitative estimate of drug-likeness (QED) is 0.0884. The number of carbonyl (C=O) groups excluding carboxylic acids is 1. The molecule has 316 valence electrons. The number of phosphoric ester groups is 1. The number of hydrogen-bond donors (Lipinski definition) is 6. The van der Waals surface area contributed by atoms with E-state index in [9.17, 15) is 34.1 Å². The molecule has 0 amide bonds. The van der Waals surface area contributed by atoms with E-state index in [0.717, 1.165) is 17.4 Å². The number of ether oxygens (including phenoxy) is 3. The second kappa shape index (κ2) is 16.7. The number of rotatable bonds is 7. The summed E-state index contributed by atoms with van der Waals surface area (Å²) in [4.78, 5) is 36.5. The molecule has 0 spiro atoms. The van der Waals surface area contributed by atoms with E-state index in [-0.39, 0.29) is 39.8 Å². The van der Waals surface area contributed by atoms with Crippen LogP contribution in [0.1, 0.15) is 22.1 Å². The highest BCUT2D eigenvalue weighted by Crippen LogP contribution is 2.64. The monoisotopic (exact) mass is 885 g/mol. The molecular formula is C33H35F2N7O14P2S. The van der Waals surface area contributed by atoms with E-state index in [2.05, 4.69) is 20.3 Å². The Morgan fingerprint density at radius 2 is 1.68 bits per heavy atom. The van der Waals surface area contributed by atoms with Crippen LogP contribution < -0.4 is 15.8 Å². The molecule has 0 saturated carbocycles. The summed E-state index contributed by atoms with van der Waals surface area (Å²) in [5, 5.41) is 32.2. The number of esters is 1. The van der Waals surface area contributed by atoms with Crippen LogP contribution in [-0.2, 0) is 42.5 Å². The number of nitrogen functional groups attached to an aromatic ring is 1. The van der Waals surface area contributed by atoms with Crippen molar-refractivity contribution < 1.29 is 75.2 Å². The minimum atomic E-state index is -5.25. The summed E-state index contributed by atoms with van der Waals surface area (Å²) in [6, 6.07) is 11.4. The van der Waals surface area contributed by atoms with Gasteiger partial charge < -0.3 is 45.1 Å². The van der Waals surface area contributed by atoms with Gasteiger partial charge in [-0.05, 0) is 59.4 Å². The van der Waals surface area contributed by atoms with Crippen molar-refractivity contribution in [2.45, 2.75) is 67.5 Å². The number of imidazole rings is 1. The molecule has 59 heavy (non-hydrogen) atoms. The molecule has 2 aromatic heterocycles. The first-order chi connectivity index (χ1) is 28.2. The summed E-state index contributed by atoms with van der Waals surface area (Å²) in [7, 11) is -5.25. The van der Waals surface area contributed by atoms with Crippen LogP contribution in [0.5, 0.6) is 11.5 Å². The molecule has 26 heteroatoms. The first-order valence-corrected chi connectivity index (χ1v) is 22.2. The molecular weight excluding hydrogens is 850 g/mol. The van der Waals surface area contributed by atoms with Crippen LogP contribution in [0.2, 0.25) is 0 Å². The van der Waals surface area contributed by atoms with Crippen LogP contribution in [0.3, 0.4) is 0 Å². The number of carbonyl (C=O) groups is 1. The molecule has 7 N–H and O–H groups in total. The minimum absolute atomic E-state index is 0.0193. The average molecular weight is 886 g/mol. The topological polar surface area (TPSA) is 282 Å². The van der Waals surface area contributed by atoms with Crippen molar-refractivity contribution in [1.82, 2.24) is 29.7 Å².